The summed E-state index contributed by atoms with van der Waals surface area (Å²) in [5.74, 6) is 0. The van der Waals surface area contributed by atoms with Crippen LogP contribution in [0.15, 0.2) is 28.3 Å². The van der Waals surface area contributed by atoms with E-state index in [2.05, 4.69) is 11.3 Å². The quantitative estimate of drug-likeness (QED) is 0.775. The van der Waals surface area contributed by atoms with Crippen LogP contribution in [0.1, 0.15) is 13.3 Å². The molecule has 1 rings (SSSR count). The second-order valence-electron chi connectivity index (χ2n) is 3.25. The minimum atomic E-state index is -3.42. The molecule has 0 aliphatic heterocycles. The molecule has 6 heteroatoms. The second-order valence-corrected chi connectivity index (χ2v) is 6.10. The molecular weight excluding hydrogens is 232 g/mol. The Bertz CT molecular complexity index is 437. The van der Waals surface area contributed by atoms with Crippen molar-refractivity contribution in [3.05, 3.63) is 24.1 Å². The fraction of sp³-hybridized carbons (Fsp3) is 0.333. The van der Waals surface area contributed by atoms with Gasteiger partial charge in [-0.3, -0.25) is 0 Å². The highest BCUT2D eigenvalue weighted by atomic mass is 32.2. The second kappa shape index (κ2) is 4.78. The molecule has 0 aliphatic carbocycles. The minimum absolute atomic E-state index is 0.157. The lowest BCUT2D eigenvalue weighted by atomic mass is 10.3. The summed E-state index contributed by atoms with van der Waals surface area (Å²) in [4.78, 5) is 0. The Labute approximate surface area is 93.9 Å². The van der Waals surface area contributed by atoms with Gasteiger partial charge in [0.15, 0.2) is 0 Å². The van der Waals surface area contributed by atoms with Crippen molar-refractivity contribution in [1.29, 1.82) is 0 Å². The van der Waals surface area contributed by atoms with Crippen molar-refractivity contribution in [2.24, 2.45) is 0 Å². The summed E-state index contributed by atoms with van der Waals surface area (Å²) in [7, 11) is -3.42. The van der Waals surface area contributed by atoms with Gasteiger partial charge in [0, 0.05) is 17.1 Å². The van der Waals surface area contributed by atoms with E-state index >= 15 is 0 Å². The first-order valence-electron chi connectivity index (χ1n) is 4.43. The number of nitrogens with two attached hydrogens (primary N) is 1. The molecule has 0 fully saturated rings. The van der Waals surface area contributed by atoms with Crippen molar-refractivity contribution in [1.82, 2.24) is 4.72 Å². The van der Waals surface area contributed by atoms with Gasteiger partial charge in [-0.15, -0.1) is 17.9 Å². The Morgan fingerprint density at radius 3 is 2.87 bits per heavy atom. The van der Waals surface area contributed by atoms with Gasteiger partial charge in [-0.05, 0) is 19.4 Å². The topological polar surface area (TPSA) is 72.2 Å². The number of thiophene rings is 1. The lowest BCUT2D eigenvalue weighted by Gasteiger charge is -2.10. The molecule has 3 N–H and O–H groups in total. The number of hydrogen-bond donors (Lipinski definition) is 2. The van der Waals surface area contributed by atoms with Crippen LogP contribution in [0.3, 0.4) is 0 Å². The van der Waals surface area contributed by atoms with E-state index in [1.165, 1.54) is 6.07 Å². The van der Waals surface area contributed by atoms with Gasteiger partial charge in [0.1, 0.15) is 4.21 Å². The molecule has 1 aromatic rings. The van der Waals surface area contributed by atoms with E-state index in [-0.39, 0.29) is 10.3 Å². The Morgan fingerprint density at radius 2 is 2.40 bits per heavy atom. The lowest BCUT2D eigenvalue weighted by Crippen LogP contribution is -2.31. The molecule has 84 valence electrons. The van der Waals surface area contributed by atoms with Crippen molar-refractivity contribution in [3.8, 4) is 0 Å². The Balaban J connectivity index is 2.80. The smallest absolute Gasteiger partial charge is 0.250 e. The Hall–Kier alpha value is -0.850. The van der Waals surface area contributed by atoms with Crippen molar-refractivity contribution in [2.75, 3.05) is 5.73 Å². The van der Waals surface area contributed by atoms with Gasteiger partial charge >= 0.3 is 0 Å². The zero-order valence-corrected chi connectivity index (χ0v) is 10.1. The molecule has 0 bridgehead atoms. The SMILES string of the molecule is C=CCC(C)NS(=O)(=O)c1cc(N)cs1. The molecule has 1 unspecified atom stereocenters. The largest absolute Gasteiger partial charge is 0.398 e. The molecule has 1 heterocycles. The molecule has 0 amide bonds. The minimum Gasteiger partial charge on any atom is -0.398 e. The molecule has 4 nitrogen and oxygen atoms in total. The van der Waals surface area contributed by atoms with Gasteiger partial charge in [0.2, 0.25) is 10.0 Å². The van der Waals surface area contributed by atoms with Crippen LogP contribution in [0.25, 0.3) is 0 Å². The number of hydrogen-bond acceptors (Lipinski definition) is 4. The third kappa shape index (κ3) is 3.33. The third-order valence-electron chi connectivity index (χ3n) is 1.74. The predicted octanol–water partition coefficient (Wildman–Crippen LogP) is 1.57. The van der Waals surface area contributed by atoms with E-state index in [0.29, 0.717) is 12.1 Å². The fourth-order valence-electron chi connectivity index (χ4n) is 1.09. The standard InChI is InChI=1S/C9H14N2O2S2/c1-3-4-7(2)11-15(12,13)9-5-8(10)6-14-9/h3,5-7,11H,1,4,10H2,2H3. The van der Waals surface area contributed by atoms with E-state index in [1.807, 2.05) is 0 Å². The molecule has 15 heavy (non-hydrogen) atoms. The molecule has 0 radical (unpaired) electrons. The van der Waals surface area contributed by atoms with Crippen molar-refractivity contribution in [2.45, 2.75) is 23.6 Å². The van der Waals surface area contributed by atoms with E-state index in [1.54, 1.807) is 18.4 Å². The summed E-state index contributed by atoms with van der Waals surface area (Å²) in [5, 5.41) is 1.60. The van der Waals surface area contributed by atoms with Gasteiger partial charge in [-0.25, -0.2) is 13.1 Å². The van der Waals surface area contributed by atoms with Gasteiger partial charge in [-0.1, -0.05) is 6.08 Å². The van der Waals surface area contributed by atoms with Crippen molar-refractivity contribution < 1.29 is 8.42 Å². The van der Waals surface area contributed by atoms with Crippen LogP contribution in [0.2, 0.25) is 0 Å². The summed E-state index contributed by atoms with van der Waals surface area (Å²) in [5.41, 5.74) is 5.94. The fourth-order valence-corrected chi connectivity index (χ4v) is 3.45. The molecule has 1 atom stereocenters. The molecule has 1 aromatic heterocycles. The number of nitrogen functional groups attached to an aromatic ring is 1. The normalized spacial score (nSPS) is 13.7. The summed E-state index contributed by atoms with van der Waals surface area (Å²) >= 11 is 1.12. The highest BCUT2D eigenvalue weighted by Gasteiger charge is 2.18. The van der Waals surface area contributed by atoms with Gasteiger partial charge < -0.3 is 5.73 Å². The van der Waals surface area contributed by atoms with E-state index in [0.717, 1.165) is 11.3 Å². The van der Waals surface area contributed by atoms with Crippen molar-refractivity contribution in [3.63, 3.8) is 0 Å². The van der Waals surface area contributed by atoms with Crippen LogP contribution >= 0.6 is 11.3 Å². The maximum absolute atomic E-state index is 11.7. The number of rotatable bonds is 5. The first-order chi connectivity index (χ1) is 6.95. The molecular formula is C9H14N2O2S2. The Morgan fingerprint density at radius 1 is 1.73 bits per heavy atom. The highest BCUT2D eigenvalue weighted by molar-refractivity contribution is 7.91. The zero-order chi connectivity index (χ0) is 11.5. The summed E-state index contributed by atoms with van der Waals surface area (Å²) in [6.45, 7) is 5.34. The average Bonchev–Trinajstić information content (AvgIpc) is 2.51. The highest BCUT2D eigenvalue weighted by Crippen LogP contribution is 2.21. The van der Waals surface area contributed by atoms with Gasteiger partial charge in [-0.2, -0.15) is 0 Å². The summed E-state index contributed by atoms with van der Waals surface area (Å²) in [6.07, 6.45) is 2.27. The monoisotopic (exact) mass is 246 g/mol. The first kappa shape index (κ1) is 12.2. The maximum atomic E-state index is 11.7. The van der Waals surface area contributed by atoms with Crippen LogP contribution in [-0.2, 0) is 10.0 Å². The first-order valence-corrected chi connectivity index (χ1v) is 6.79. The van der Waals surface area contributed by atoms with Crippen molar-refractivity contribution >= 4 is 27.0 Å². The number of anilines is 1. The van der Waals surface area contributed by atoms with Crippen LogP contribution in [-0.4, -0.2) is 14.5 Å². The van der Waals surface area contributed by atoms with E-state index in [9.17, 15) is 8.42 Å². The number of nitrogens with one attached hydrogen (secondary N) is 1. The average molecular weight is 246 g/mol. The van der Waals surface area contributed by atoms with Crippen LogP contribution in [0.4, 0.5) is 5.69 Å². The predicted molar refractivity (Wildman–Crippen MR) is 63.3 cm³/mol. The Kier molecular flexibility index (Phi) is 3.90. The molecule has 0 aromatic carbocycles. The molecule has 0 saturated carbocycles. The summed E-state index contributed by atoms with van der Waals surface area (Å²) in [6, 6.07) is 1.30. The van der Waals surface area contributed by atoms with Gasteiger partial charge in [0.25, 0.3) is 0 Å². The number of sulfonamides is 1. The van der Waals surface area contributed by atoms with Crippen LogP contribution < -0.4 is 10.5 Å². The maximum Gasteiger partial charge on any atom is 0.250 e. The lowest BCUT2D eigenvalue weighted by molar-refractivity contribution is 0.564. The molecule has 0 saturated heterocycles. The summed E-state index contributed by atoms with van der Waals surface area (Å²) < 4.78 is 26.3. The van der Waals surface area contributed by atoms with Crippen LogP contribution in [0, 0.1) is 0 Å². The van der Waals surface area contributed by atoms with E-state index < -0.39 is 10.0 Å². The molecule has 0 aliphatic rings. The third-order valence-corrected chi connectivity index (χ3v) is 4.78. The van der Waals surface area contributed by atoms with Gasteiger partial charge in [0.05, 0.1) is 0 Å². The van der Waals surface area contributed by atoms with E-state index in [4.69, 9.17) is 5.73 Å². The molecule has 0 spiro atoms. The zero-order valence-electron chi connectivity index (χ0n) is 8.43. The van der Waals surface area contributed by atoms with Crippen LogP contribution in [0.5, 0.6) is 0 Å².